The summed E-state index contributed by atoms with van der Waals surface area (Å²) in [6, 6.07) is 5.99. The number of fused-ring (bicyclic) bond motifs is 1. The molecule has 5 nitrogen and oxygen atoms in total. The van der Waals surface area contributed by atoms with Crippen LogP contribution in [0.2, 0.25) is 0 Å². The molecule has 0 aliphatic heterocycles. The van der Waals surface area contributed by atoms with Gasteiger partial charge >= 0.3 is 0 Å². The van der Waals surface area contributed by atoms with Crippen molar-refractivity contribution in [1.29, 1.82) is 0 Å². The fourth-order valence-electron chi connectivity index (χ4n) is 1.58. The second kappa shape index (κ2) is 4.76. The minimum absolute atomic E-state index is 0.0169. The predicted molar refractivity (Wildman–Crippen MR) is 61.9 cm³/mol. The number of likely N-dealkylation sites (N-methyl/N-ethyl adjacent to an activating group) is 1. The normalized spacial score (nSPS) is 10.6. The molecule has 1 heterocycles. The number of rotatable bonds is 4. The van der Waals surface area contributed by atoms with E-state index in [9.17, 15) is 4.79 Å². The second-order valence-corrected chi connectivity index (χ2v) is 3.53. The molecule has 0 unspecified atom stereocenters. The van der Waals surface area contributed by atoms with E-state index in [4.69, 9.17) is 0 Å². The number of amides is 1. The number of para-hydroxylation sites is 1. The summed E-state index contributed by atoms with van der Waals surface area (Å²) in [5, 5.41) is 13.7. The SMILES string of the molecule is CNC(=O)CNCc1cccc2cn[nH]c12. The minimum atomic E-state index is -0.0169. The highest BCUT2D eigenvalue weighted by atomic mass is 16.1. The van der Waals surface area contributed by atoms with E-state index in [-0.39, 0.29) is 5.91 Å². The van der Waals surface area contributed by atoms with Crippen molar-refractivity contribution in [1.82, 2.24) is 20.8 Å². The third-order valence-corrected chi connectivity index (χ3v) is 2.44. The summed E-state index contributed by atoms with van der Waals surface area (Å²) in [6.07, 6.45) is 1.79. The molecule has 16 heavy (non-hydrogen) atoms. The Bertz CT molecular complexity index is 491. The summed E-state index contributed by atoms with van der Waals surface area (Å²) in [4.78, 5) is 11.0. The Kier molecular flexibility index (Phi) is 3.16. The largest absolute Gasteiger partial charge is 0.358 e. The number of nitrogens with zero attached hydrogens (tertiary/aromatic N) is 1. The summed E-state index contributed by atoms with van der Waals surface area (Å²) in [7, 11) is 1.62. The first-order valence-electron chi connectivity index (χ1n) is 5.13. The maximum atomic E-state index is 11.0. The highest BCUT2D eigenvalue weighted by Crippen LogP contribution is 2.14. The maximum absolute atomic E-state index is 11.0. The van der Waals surface area contributed by atoms with Gasteiger partial charge in [-0.1, -0.05) is 18.2 Å². The molecular formula is C11H14N4O. The first-order chi connectivity index (χ1) is 7.81. The van der Waals surface area contributed by atoms with Gasteiger partial charge in [0.15, 0.2) is 0 Å². The number of aromatic nitrogens is 2. The van der Waals surface area contributed by atoms with Crippen LogP contribution in [-0.4, -0.2) is 29.7 Å². The van der Waals surface area contributed by atoms with Crippen LogP contribution in [0.1, 0.15) is 5.56 Å². The molecule has 0 aliphatic rings. The molecule has 84 valence electrons. The van der Waals surface area contributed by atoms with E-state index >= 15 is 0 Å². The molecule has 0 bridgehead atoms. The van der Waals surface area contributed by atoms with Crippen LogP contribution in [0.5, 0.6) is 0 Å². The molecule has 0 saturated heterocycles. The van der Waals surface area contributed by atoms with E-state index in [1.165, 1.54) is 0 Å². The van der Waals surface area contributed by atoms with E-state index in [2.05, 4.69) is 20.8 Å². The van der Waals surface area contributed by atoms with Crippen molar-refractivity contribution >= 4 is 16.8 Å². The second-order valence-electron chi connectivity index (χ2n) is 3.53. The van der Waals surface area contributed by atoms with Crippen molar-refractivity contribution in [2.45, 2.75) is 6.54 Å². The van der Waals surface area contributed by atoms with E-state index in [1.807, 2.05) is 18.2 Å². The quantitative estimate of drug-likeness (QED) is 0.695. The molecule has 0 radical (unpaired) electrons. The number of benzene rings is 1. The summed E-state index contributed by atoms with van der Waals surface area (Å²) < 4.78 is 0. The first-order valence-corrected chi connectivity index (χ1v) is 5.13. The van der Waals surface area contributed by atoms with Gasteiger partial charge < -0.3 is 10.6 Å². The molecule has 0 atom stereocenters. The Labute approximate surface area is 93.2 Å². The summed E-state index contributed by atoms with van der Waals surface area (Å²) in [5.41, 5.74) is 2.13. The molecule has 1 aromatic heterocycles. The topological polar surface area (TPSA) is 69.8 Å². The molecule has 0 fully saturated rings. The van der Waals surface area contributed by atoms with Crippen molar-refractivity contribution in [3.05, 3.63) is 30.0 Å². The van der Waals surface area contributed by atoms with Crippen LogP contribution in [0.3, 0.4) is 0 Å². The molecule has 2 aromatic rings. The molecule has 1 amide bonds. The van der Waals surface area contributed by atoms with Crippen molar-refractivity contribution in [3.63, 3.8) is 0 Å². The lowest BCUT2D eigenvalue weighted by molar-refractivity contribution is -0.119. The number of hydrogen-bond acceptors (Lipinski definition) is 3. The highest BCUT2D eigenvalue weighted by Gasteiger charge is 2.02. The fourth-order valence-corrected chi connectivity index (χ4v) is 1.58. The number of hydrogen-bond donors (Lipinski definition) is 3. The predicted octanol–water partition coefficient (Wildman–Crippen LogP) is 0.398. The zero-order chi connectivity index (χ0) is 11.4. The summed E-state index contributed by atoms with van der Waals surface area (Å²) in [6.45, 7) is 0.966. The smallest absolute Gasteiger partial charge is 0.233 e. The molecule has 0 aliphatic carbocycles. The van der Waals surface area contributed by atoms with E-state index in [0.29, 0.717) is 13.1 Å². The molecular weight excluding hydrogens is 204 g/mol. The zero-order valence-electron chi connectivity index (χ0n) is 9.08. The van der Waals surface area contributed by atoms with Gasteiger partial charge in [0.1, 0.15) is 0 Å². The number of carbonyl (C=O) groups is 1. The van der Waals surface area contributed by atoms with Gasteiger partial charge in [-0.25, -0.2) is 0 Å². The average molecular weight is 218 g/mol. The lowest BCUT2D eigenvalue weighted by Gasteiger charge is -2.04. The van der Waals surface area contributed by atoms with Gasteiger partial charge in [-0.05, 0) is 5.56 Å². The monoisotopic (exact) mass is 218 g/mol. The van der Waals surface area contributed by atoms with Crippen LogP contribution in [-0.2, 0) is 11.3 Å². The molecule has 2 rings (SSSR count). The Morgan fingerprint density at radius 3 is 3.19 bits per heavy atom. The number of carbonyl (C=O) groups excluding carboxylic acids is 1. The molecule has 1 aromatic carbocycles. The average Bonchev–Trinajstić information content (AvgIpc) is 2.77. The molecule has 0 saturated carbocycles. The number of nitrogens with one attached hydrogen (secondary N) is 3. The van der Waals surface area contributed by atoms with Crippen molar-refractivity contribution in [3.8, 4) is 0 Å². The van der Waals surface area contributed by atoms with Crippen LogP contribution in [0.15, 0.2) is 24.4 Å². The van der Waals surface area contributed by atoms with Crippen LogP contribution >= 0.6 is 0 Å². The minimum Gasteiger partial charge on any atom is -0.358 e. The van der Waals surface area contributed by atoms with E-state index < -0.39 is 0 Å². The highest BCUT2D eigenvalue weighted by molar-refractivity contribution is 5.81. The van der Waals surface area contributed by atoms with Crippen LogP contribution in [0, 0.1) is 0 Å². The van der Waals surface area contributed by atoms with Crippen LogP contribution in [0.25, 0.3) is 10.9 Å². The van der Waals surface area contributed by atoms with Crippen molar-refractivity contribution < 1.29 is 4.79 Å². The van der Waals surface area contributed by atoms with Gasteiger partial charge in [-0.15, -0.1) is 0 Å². The Morgan fingerprint density at radius 1 is 1.50 bits per heavy atom. The Hall–Kier alpha value is -1.88. The van der Waals surface area contributed by atoms with Crippen molar-refractivity contribution in [2.75, 3.05) is 13.6 Å². The van der Waals surface area contributed by atoms with Gasteiger partial charge in [0.25, 0.3) is 0 Å². The lowest BCUT2D eigenvalue weighted by atomic mass is 10.1. The van der Waals surface area contributed by atoms with E-state index in [0.717, 1.165) is 16.5 Å². The third kappa shape index (κ3) is 2.20. The summed E-state index contributed by atoms with van der Waals surface area (Å²) >= 11 is 0. The van der Waals surface area contributed by atoms with Gasteiger partial charge in [0.05, 0.1) is 18.3 Å². The van der Waals surface area contributed by atoms with E-state index in [1.54, 1.807) is 13.2 Å². The number of aromatic amines is 1. The zero-order valence-corrected chi connectivity index (χ0v) is 9.08. The molecule has 0 spiro atoms. The summed E-state index contributed by atoms with van der Waals surface area (Å²) in [5.74, 6) is -0.0169. The van der Waals surface area contributed by atoms with Crippen LogP contribution in [0.4, 0.5) is 0 Å². The molecule has 3 N–H and O–H groups in total. The van der Waals surface area contributed by atoms with Gasteiger partial charge in [0.2, 0.25) is 5.91 Å². The Morgan fingerprint density at radius 2 is 2.38 bits per heavy atom. The molecule has 5 heteroatoms. The fraction of sp³-hybridized carbons (Fsp3) is 0.273. The first kappa shape index (κ1) is 10.6. The lowest BCUT2D eigenvalue weighted by Crippen LogP contribution is -2.31. The Balaban J connectivity index is 2.04. The van der Waals surface area contributed by atoms with Gasteiger partial charge in [-0.3, -0.25) is 9.89 Å². The maximum Gasteiger partial charge on any atom is 0.233 e. The number of H-pyrrole nitrogens is 1. The van der Waals surface area contributed by atoms with Gasteiger partial charge in [0, 0.05) is 19.0 Å². The standard InChI is InChI=1S/C11H14N4O/c1-12-10(16)7-13-5-8-3-2-4-9-6-14-15-11(8)9/h2-4,6,13H,5,7H2,1H3,(H,12,16)(H,14,15). The van der Waals surface area contributed by atoms with Crippen molar-refractivity contribution in [2.24, 2.45) is 0 Å². The van der Waals surface area contributed by atoms with Gasteiger partial charge in [-0.2, -0.15) is 5.10 Å². The van der Waals surface area contributed by atoms with Crippen LogP contribution < -0.4 is 10.6 Å². The third-order valence-electron chi connectivity index (χ3n) is 2.44.